The van der Waals surface area contributed by atoms with Crippen molar-refractivity contribution in [2.75, 3.05) is 5.32 Å². The highest BCUT2D eigenvalue weighted by atomic mass is 79.9. The van der Waals surface area contributed by atoms with Gasteiger partial charge in [0.05, 0.1) is 11.7 Å². The van der Waals surface area contributed by atoms with Gasteiger partial charge in [-0.3, -0.25) is 4.79 Å². The van der Waals surface area contributed by atoms with Gasteiger partial charge in [-0.05, 0) is 62.9 Å². The molecular formula is C13H18Br2N2O. The number of anilines is 1. The second-order valence-corrected chi connectivity index (χ2v) is 6.05. The van der Waals surface area contributed by atoms with E-state index < -0.39 is 6.04 Å². The fraction of sp³-hybridized carbons (Fsp3) is 0.462. The number of carbonyl (C=O) groups is 1. The lowest BCUT2D eigenvalue weighted by Crippen LogP contribution is -2.35. The summed E-state index contributed by atoms with van der Waals surface area (Å²) in [5.41, 5.74) is 7.69. The van der Waals surface area contributed by atoms with Crippen LogP contribution in [0.2, 0.25) is 0 Å². The van der Waals surface area contributed by atoms with E-state index in [1.165, 1.54) is 0 Å². The molecule has 18 heavy (non-hydrogen) atoms. The average molecular weight is 378 g/mol. The highest BCUT2D eigenvalue weighted by Crippen LogP contribution is 2.32. The molecule has 5 heteroatoms. The maximum absolute atomic E-state index is 11.9. The van der Waals surface area contributed by atoms with Crippen LogP contribution in [0.1, 0.15) is 31.7 Å². The maximum Gasteiger partial charge on any atom is 0.241 e. The minimum atomic E-state index is -0.454. The Morgan fingerprint density at radius 1 is 1.39 bits per heavy atom. The van der Waals surface area contributed by atoms with Crippen molar-refractivity contribution in [1.82, 2.24) is 0 Å². The summed E-state index contributed by atoms with van der Waals surface area (Å²) in [6.45, 7) is 4.08. The molecule has 0 aromatic heterocycles. The van der Waals surface area contributed by atoms with E-state index in [9.17, 15) is 4.79 Å². The van der Waals surface area contributed by atoms with Crippen LogP contribution in [0.5, 0.6) is 0 Å². The van der Waals surface area contributed by atoms with Gasteiger partial charge in [-0.25, -0.2) is 0 Å². The zero-order valence-electron chi connectivity index (χ0n) is 10.6. The monoisotopic (exact) mass is 376 g/mol. The third kappa shape index (κ3) is 4.37. The summed E-state index contributed by atoms with van der Waals surface area (Å²) >= 11 is 6.89. The molecule has 0 radical (unpaired) electrons. The van der Waals surface area contributed by atoms with Crippen molar-refractivity contribution in [3.8, 4) is 0 Å². The summed E-state index contributed by atoms with van der Waals surface area (Å²) < 4.78 is 1.70. The summed E-state index contributed by atoms with van der Waals surface area (Å²) in [5, 5.41) is 2.86. The summed E-state index contributed by atoms with van der Waals surface area (Å²) in [6.07, 6.45) is 2.72. The van der Waals surface area contributed by atoms with E-state index in [0.29, 0.717) is 6.42 Å². The molecule has 0 saturated carbocycles. The summed E-state index contributed by atoms with van der Waals surface area (Å²) in [7, 11) is 0. The number of nitrogens with one attached hydrogen (secondary N) is 1. The van der Waals surface area contributed by atoms with Crippen LogP contribution >= 0.6 is 31.9 Å². The normalized spacial score (nSPS) is 12.3. The Balaban J connectivity index is 2.76. The fourth-order valence-electron chi connectivity index (χ4n) is 1.59. The van der Waals surface area contributed by atoms with Crippen LogP contribution in [0.25, 0.3) is 0 Å². The molecule has 1 rings (SSSR count). The standard InChI is InChI=1S/C13H18Br2N2O/c1-3-4-5-11(16)13(18)17-12-9(14)6-8(2)7-10(12)15/h6-7,11H,3-5,16H2,1-2H3,(H,17,18). The number of rotatable bonds is 5. The zero-order chi connectivity index (χ0) is 13.7. The fourth-order valence-corrected chi connectivity index (χ4v) is 3.20. The largest absolute Gasteiger partial charge is 0.323 e. The van der Waals surface area contributed by atoms with Crippen molar-refractivity contribution in [1.29, 1.82) is 0 Å². The van der Waals surface area contributed by atoms with Gasteiger partial charge in [0, 0.05) is 8.95 Å². The SMILES string of the molecule is CCCCC(N)C(=O)Nc1c(Br)cc(C)cc1Br. The van der Waals surface area contributed by atoms with Crippen LogP contribution in [0.15, 0.2) is 21.1 Å². The highest BCUT2D eigenvalue weighted by Gasteiger charge is 2.16. The van der Waals surface area contributed by atoms with Crippen LogP contribution in [0.4, 0.5) is 5.69 Å². The predicted octanol–water partition coefficient (Wildman–Crippen LogP) is 3.98. The van der Waals surface area contributed by atoms with Crippen molar-refractivity contribution in [3.63, 3.8) is 0 Å². The number of unbranched alkanes of at least 4 members (excludes halogenated alkanes) is 1. The number of halogens is 2. The Bertz CT molecular complexity index is 412. The van der Waals surface area contributed by atoms with E-state index in [1.54, 1.807) is 0 Å². The first-order valence-corrected chi connectivity index (χ1v) is 7.56. The molecule has 1 atom stereocenters. The van der Waals surface area contributed by atoms with Crippen LogP contribution < -0.4 is 11.1 Å². The molecule has 0 aliphatic heterocycles. The van der Waals surface area contributed by atoms with Gasteiger partial charge < -0.3 is 11.1 Å². The second kappa shape index (κ2) is 7.26. The number of aryl methyl sites for hydroxylation is 1. The third-order valence-electron chi connectivity index (χ3n) is 2.64. The Kier molecular flexibility index (Phi) is 6.32. The number of nitrogens with two attached hydrogens (primary N) is 1. The molecule has 3 nitrogen and oxygen atoms in total. The molecule has 0 bridgehead atoms. The average Bonchev–Trinajstić information content (AvgIpc) is 2.30. The van der Waals surface area contributed by atoms with Crippen molar-refractivity contribution < 1.29 is 4.79 Å². The Morgan fingerprint density at radius 3 is 2.44 bits per heavy atom. The molecular weight excluding hydrogens is 360 g/mol. The van der Waals surface area contributed by atoms with Crippen LogP contribution in [0.3, 0.4) is 0 Å². The molecule has 100 valence electrons. The summed E-state index contributed by atoms with van der Waals surface area (Å²) in [5.74, 6) is -0.145. The molecule has 0 spiro atoms. The molecule has 3 N–H and O–H groups in total. The molecule has 1 aromatic rings. The quantitative estimate of drug-likeness (QED) is 0.815. The van der Waals surface area contributed by atoms with Crippen LogP contribution in [0, 0.1) is 6.92 Å². The summed E-state index contributed by atoms with van der Waals surface area (Å²) in [6, 6.07) is 3.46. The zero-order valence-corrected chi connectivity index (χ0v) is 13.8. The lowest BCUT2D eigenvalue weighted by molar-refractivity contribution is -0.117. The number of hydrogen-bond acceptors (Lipinski definition) is 2. The van der Waals surface area contributed by atoms with Crippen molar-refractivity contribution in [2.45, 2.75) is 39.2 Å². The predicted molar refractivity (Wildman–Crippen MR) is 82.7 cm³/mol. The lowest BCUT2D eigenvalue weighted by atomic mass is 10.1. The van der Waals surface area contributed by atoms with E-state index >= 15 is 0 Å². The van der Waals surface area contributed by atoms with E-state index in [4.69, 9.17) is 5.73 Å². The minimum absolute atomic E-state index is 0.145. The van der Waals surface area contributed by atoms with E-state index in [-0.39, 0.29) is 5.91 Å². The van der Waals surface area contributed by atoms with E-state index in [0.717, 1.165) is 33.0 Å². The first kappa shape index (κ1) is 15.7. The Labute approximate surface area is 125 Å². The van der Waals surface area contributed by atoms with Crippen LogP contribution in [-0.2, 0) is 4.79 Å². The molecule has 0 saturated heterocycles. The molecule has 0 fully saturated rings. The Hall–Kier alpha value is -0.390. The van der Waals surface area contributed by atoms with E-state index in [2.05, 4.69) is 44.1 Å². The number of hydrogen-bond donors (Lipinski definition) is 2. The molecule has 0 aliphatic carbocycles. The smallest absolute Gasteiger partial charge is 0.241 e. The van der Waals surface area contributed by atoms with Gasteiger partial charge in [-0.15, -0.1) is 0 Å². The molecule has 0 heterocycles. The van der Waals surface area contributed by atoms with Gasteiger partial charge in [0.2, 0.25) is 5.91 Å². The van der Waals surface area contributed by atoms with Crippen molar-refractivity contribution in [3.05, 3.63) is 26.6 Å². The van der Waals surface area contributed by atoms with Gasteiger partial charge >= 0.3 is 0 Å². The molecule has 0 aliphatic rings. The second-order valence-electron chi connectivity index (χ2n) is 4.34. The van der Waals surface area contributed by atoms with E-state index in [1.807, 2.05) is 19.1 Å². The number of amides is 1. The molecule has 1 amide bonds. The first-order valence-electron chi connectivity index (χ1n) is 5.97. The minimum Gasteiger partial charge on any atom is -0.323 e. The number of benzene rings is 1. The Morgan fingerprint density at radius 2 is 1.94 bits per heavy atom. The first-order chi connectivity index (χ1) is 8.45. The van der Waals surface area contributed by atoms with Gasteiger partial charge in [0.1, 0.15) is 0 Å². The van der Waals surface area contributed by atoms with Crippen molar-refractivity contribution >= 4 is 43.5 Å². The van der Waals surface area contributed by atoms with Gasteiger partial charge in [0.25, 0.3) is 0 Å². The number of carbonyl (C=O) groups excluding carboxylic acids is 1. The molecule has 1 unspecified atom stereocenters. The van der Waals surface area contributed by atoms with Crippen molar-refractivity contribution in [2.24, 2.45) is 5.73 Å². The lowest BCUT2D eigenvalue weighted by Gasteiger charge is -2.14. The van der Waals surface area contributed by atoms with Gasteiger partial charge in [0.15, 0.2) is 0 Å². The van der Waals surface area contributed by atoms with Crippen LogP contribution in [-0.4, -0.2) is 11.9 Å². The third-order valence-corrected chi connectivity index (χ3v) is 3.89. The topological polar surface area (TPSA) is 55.1 Å². The maximum atomic E-state index is 11.9. The molecule has 1 aromatic carbocycles. The van der Waals surface area contributed by atoms with Gasteiger partial charge in [-0.2, -0.15) is 0 Å². The summed E-state index contributed by atoms with van der Waals surface area (Å²) in [4.78, 5) is 11.9. The highest BCUT2D eigenvalue weighted by molar-refractivity contribution is 9.11. The van der Waals surface area contributed by atoms with Gasteiger partial charge in [-0.1, -0.05) is 19.8 Å².